The van der Waals surface area contributed by atoms with E-state index in [1.54, 1.807) is 19.1 Å². The Morgan fingerprint density at radius 3 is 2.27 bits per heavy atom. The first-order valence-electron chi connectivity index (χ1n) is 6.83. The van der Waals surface area contributed by atoms with Gasteiger partial charge in [-0.3, -0.25) is 4.90 Å². The van der Waals surface area contributed by atoms with Crippen molar-refractivity contribution in [2.75, 3.05) is 34.5 Å². The number of carbonyl (C=O) groups is 1. The van der Waals surface area contributed by atoms with E-state index in [0.717, 1.165) is 5.56 Å². The van der Waals surface area contributed by atoms with Gasteiger partial charge in [0.15, 0.2) is 11.5 Å². The van der Waals surface area contributed by atoms with Gasteiger partial charge < -0.3 is 24.1 Å². The molecule has 0 aliphatic carbocycles. The number of hydrogen-bond acceptors (Lipinski definition) is 6. The number of amides is 1. The molecule has 0 radical (unpaired) electrons. The Bertz CT molecular complexity index is 536. The predicted octanol–water partition coefficient (Wildman–Crippen LogP) is 1.42. The summed E-state index contributed by atoms with van der Waals surface area (Å²) in [5, 5.41) is 9.53. The van der Waals surface area contributed by atoms with Crippen molar-refractivity contribution in [1.82, 2.24) is 4.90 Å². The standard InChI is InChI=1S/C15H21NO6/c1-15(8-17)9-22-14(18)16(15)7-10-5-11(19-2)13(21-4)12(6-10)20-3/h5-6,17H,7-9H2,1-4H3. The third kappa shape index (κ3) is 2.76. The number of benzene rings is 1. The maximum atomic E-state index is 11.9. The second kappa shape index (κ2) is 6.31. The van der Waals surface area contributed by atoms with Crippen LogP contribution in [-0.4, -0.2) is 56.2 Å². The number of aliphatic hydroxyl groups is 1. The molecule has 7 heteroatoms. The molecule has 0 spiro atoms. The second-order valence-corrected chi connectivity index (χ2v) is 5.33. The van der Waals surface area contributed by atoms with Gasteiger partial charge in [-0.05, 0) is 24.6 Å². The SMILES string of the molecule is COc1cc(CN2C(=O)OCC2(C)CO)cc(OC)c1OC. The van der Waals surface area contributed by atoms with Crippen LogP contribution in [0.2, 0.25) is 0 Å². The van der Waals surface area contributed by atoms with Crippen molar-refractivity contribution in [3.05, 3.63) is 17.7 Å². The van der Waals surface area contributed by atoms with E-state index >= 15 is 0 Å². The molecule has 1 aliphatic heterocycles. The van der Waals surface area contributed by atoms with Crippen LogP contribution in [0.25, 0.3) is 0 Å². The van der Waals surface area contributed by atoms with Crippen molar-refractivity contribution in [3.8, 4) is 17.2 Å². The lowest BCUT2D eigenvalue weighted by Gasteiger charge is -2.30. The van der Waals surface area contributed by atoms with Gasteiger partial charge in [0.2, 0.25) is 5.75 Å². The summed E-state index contributed by atoms with van der Waals surface area (Å²) in [6.07, 6.45) is -0.453. The summed E-state index contributed by atoms with van der Waals surface area (Å²) in [4.78, 5) is 13.4. The zero-order valence-corrected chi connectivity index (χ0v) is 13.2. The molecule has 1 atom stereocenters. The molecule has 0 saturated carbocycles. The fraction of sp³-hybridized carbons (Fsp3) is 0.533. The van der Waals surface area contributed by atoms with Gasteiger partial charge in [-0.1, -0.05) is 0 Å². The van der Waals surface area contributed by atoms with Crippen molar-refractivity contribution < 1.29 is 28.8 Å². The van der Waals surface area contributed by atoms with E-state index in [0.29, 0.717) is 17.2 Å². The maximum absolute atomic E-state index is 11.9. The lowest BCUT2D eigenvalue weighted by molar-refractivity contribution is 0.0956. The molecule has 1 aliphatic rings. The first-order valence-corrected chi connectivity index (χ1v) is 6.83. The zero-order chi connectivity index (χ0) is 16.3. The summed E-state index contributed by atoms with van der Waals surface area (Å²) in [7, 11) is 4.59. The minimum absolute atomic E-state index is 0.159. The molecule has 7 nitrogen and oxygen atoms in total. The predicted molar refractivity (Wildman–Crippen MR) is 78.5 cm³/mol. The van der Waals surface area contributed by atoms with E-state index in [-0.39, 0.29) is 19.8 Å². The third-order valence-corrected chi connectivity index (χ3v) is 3.78. The van der Waals surface area contributed by atoms with E-state index < -0.39 is 11.6 Å². The molecule has 1 fully saturated rings. The molecule has 1 saturated heterocycles. The Morgan fingerprint density at radius 1 is 1.23 bits per heavy atom. The summed E-state index contributed by atoms with van der Waals surface area (Å²) >= 11 is 0. The van der Waals surface area contributed by atoms with Crippen LogP contribution in [0.5, 0.6) is 17.2 Å². The van der Waals surface area contributed by atoms with Gasteiger partial charge in [-0.15, -0.1) is 0 Å². The first kappa shape index (κ1) is 16.2. The number of ether oxygens (including phenoxy) is 4. The molecule has 2 rings (SSSR count). The molecule has 122 valence electrons. The van der Waals surface area contributed by atoms with Crippen LogP contribution < -0.4 is 14.2 Å². The number of carbonyl (C=O) groups excluding carboxylic acids is 1. The van der Waals surface area contributed by atoms with Gasteiger partial charge >= 0.3 is 6.09 Å². The molecule has 0 bridgehead atoms. The fourth-order valence-electron chi connectivity index (χ4n) is 2.39. The smallest absolute Gasteiger partial charge is 0.410 e. The van der Waals surface area contributed by atoms with Crippen LogP contribution in [0.1, 0.15) is 12.5 Å². The van der Waals surface area contributed by atoms with Crippen LogP contribution in [0.3, 0.4) is 0 Å². The Labute approximate surface area is 129 Å². The lowest BCUT2D eigenvalue weighted by atomic mass is 10.0. The lowest BCUT2D eigenvalue weighted by Crippen LogP contribution is -2.47. The van der Waals surface area contributed by atoms with Crippen LogP contribution >= 0.6 is 0 Å². The summed E-state index contributed by atoms with van der Waals surface area (Å²) in [6.45, 7) is 2.03. The Hall–Kier alpha value is -2.15. The van der Waals surface area contributed by atoms with Crippen LogP contribution in [0.15, 0.2) is 12.1 Å². The van der Waals surface area contributed by atoms with Crippen molar-refractivity contribution in [2.24, 2.45) is 0 Å². The summed E-state index contributed by atoms with van der Waals surface area (Å²) in [5.74, 6) is 1.51. The van der Waals surface area contributed by atoms with E-state index in [1.807, 2.05) is 0 Å². The van der Waals surface area contributed by atoms with E-state index in [1.165, 1.54) is 26.2 Å². The molecule has 1 aromatic rings. The molecular formula is C15H21NO6. The number of rotatable bonds is 6. The fourth-order valence-corrected chi connectivity index (χ4v) is 2.39. The molecule has 1 unspecified atom stereocenters. The average molecular weight is 311 g/mol. The molecule has 1 aromatic carbocycles. The topological polar surface area (TPSA) is 77.5 Å². The molecule has 0 aromatic heterocycles. The van der Waals surface area contributed by atoms with Crippen molar-refractivity contribution in [2.45, 2.75) is 19.0 Å². The summed E-state index contributed by atoms with van der Waals surface area (Å²) < 4.78 is 20.9. The molecular weight excluding hydrogens is 290 g/mol. The van der Waals surface area contributed by atoms with Crippen LogP contribution in [-0.2, 0) is 11.3 Å². The minimum Gasteiger partial charge on any atom is -0.493 e. The van der Waals surface area contributed by atoms with Gasteiger partial charge in [0.05, 0.1) is 34.5 Å². The minimum atomic E-state index is -0.739. The van der Waals surface area contributed by atoms with Gasteiger partial charge in [-0.2, -0.15) is 0 Å². The number of cyclic esters (lactones) is 1. The molecule has 1 N–H and O–H groups in total. The molecule has 22 heavy (non-hydrogen) atoms. The maximum Gasteiger partial charge on any atom is 0.410 e. The number of hydrogen-bond donors (Lipinski definition) is 1. The van der Waals surface area contributed by atoms with Crippen molar-refractivity contribution in [1.29, 1.82) is 0 Å². The summed E-state index contributed by atoms with van der Waals surface area (Å²) in [6, 6.07) is 3.54. The Balaban J connectivity index is 2.35. The van der Waals surface area contributed by atoms with E-state index in [9.17, 15) is 9.90 Å². The number of nitrogens with zero attached hydrogens (tertiary/aromatic N) is 1. The second-order valence-electron chi connectivity index (χ2n) is 5.33. The summed E-state index contributed by atoms with van der Waals surface area (Å²) in [5.41, 5.74) is 0.0466. The molecule has 1 amide bonds. The monoisotopic (exact) mass is 311 g/mol. The molecule has 1 heterocycles. The van der Waals surface area contributed by atoms with Crippen LogP contribution in [0, 0.1) is 0 Å². The quantitative estimate of drug-likeness (QED) is 0.856. The van der Waals surface area contributed by atoms with Gasteiger partial charge in [-0.25, -0.2) is 4.79 Å². The number of methoxy groups -OCH3 is 3. The highest BCUT2D eigenvalue weighted by atomic mass is 16.6. The largest absolute Gasteiger partial charge is 0.493 e. The zero-order valence-electron chi connectivity index (χ0n) is 13.2. The van der Waals surface area contributed by atoms with Crippen molar-refractivity contribution in [3.63, 3.8) is 0 Å². The highest BCUT2D eigenvalue weighted by molar-refractivity contribution is 5.71. The normalized spacial score (nSPS) is 20.8. The van der Waals surface area contributed by atoms with Crippen LogP contribution in [0.4, 0.5) is 4.79 Å². The van der Waals surface area contributed by atoms with Gasteiger partial charge in [0.25, 0.3) is 0 Å². The van der Waals surface area contributed by atoms with Crippen molar-refractivity contribution >= 4 is 6.09 Å². The van der Waals surface area contributed by atoms with Gasteiger partial charge in [0, 0.05) is 0 Å². The van der Waals surface area contributed by atoms with E-state index in [4.69, 9.17) is 18.9 Å². The first-order chi connectivity index (χ1) is 10.5. The third-order valence-electron chi connectivity index (χ3n) is 3.78. The average Bonchev–Trinajstić information content (AvgIpc) is 2.82. The van der Waals surface area contributed by atoms with E-state index in [2.05, 4.69) is 0 Å². The highest BCUT2D eigenvalue weighted by Crippen LogP contribution is 2.39. The Kier molecular flexibility index (Phi) is 4.65. The highest BCUT2D eigenvalue weighted by Gasteiger charge is 2.43. The number of aliphatic hydroxyl groups excluding tert-OH is 1. The Morgan fingerprint density at radius 2 is 1.82 bits per heavy atom. The van der Waals surface area contributed by atoms with Gasteiger partial charge in [0.1, 0.15) is 12.1 Å².